The van der Waals surface area contributed by atoms with Gasteiger partial charge in [-0.1, -0.05) is 25.2 Å². The molecule has 1 aromatic carbocycles. The van der Waals surface area contributed by atoms with Crippen LogP contribution in [-0.2, 0) is 6.54 Å². The molecule has 0 aliphatic rings. The molecule has 5 heteroatoms. The van der Waals surface area contributed by atoms with Gasteiger partial charge in [0.15, 0.2) is 0 Å². The molecule has 0 amide bonds. The van der Waals surface area contributed by atoms with Crippen molar-refractivity contribution in [3.8, 4) is 5.75 Å². The van der Waals surface area contributed by atoms with Crippen molar-refractivity contribution in [3.05, 3.63) is 29.3 Å². The largest absolute Gasteiger partial charge is 0.496 e. The van der Waals surface area contributed by atoms with Crippen molar-refractivity contribution < 1.29 is 9.84 Å². The summed E-state index contributed by atoms with van der Waals surface area (Å²) < 4.78 is 5.33. The van der Waals surface area contributed by atoms with Crippen LogP contribution in [0.2, 0.25) is 0 Å². The molecule has 4 nitrogen and oxygen atoms in total. The average Bonchev–Trinajstić information content (AvgIpc) is 2.35. The molecule has 0 saturated carbocycles. The number of hydrogen-bond acceptors (Lipinski definition) is 4. The van der Waals surface area contributed by atoms with Gasteiger partial charge < -0.3 is 15.6 Å². The summed E-state index contributed by atoms with van der Waals surface area (Å²) in [6.07, 6.45) is 0. The van der Waals surface area contributed by atoms with Crippen molar-refractivity contribution in [2.24, 2.45) is 5.73 Å². The van der Waals surface area contributed by atoms with E-state index in [1.54, 1.807) is 7.11 Å². The minimum absolute atomic E-state index is 0.331. The van der Waals surface area contributed by atoms with Crippen LogP contribution >= 0.6 is 12.2 Å². The number of methoxy groups -OCH3 is 1. The zero-order chi connectivity index (χ0) is 15.3. The number of rotatable bonds is 7. The number of hydrogen-bond donors (Lipinski definition) is 2. The maximum absolute atomic E-state index is 9.91. The van der Waals surface area contributed by atoms with Crippen LogP contribution in [0.4, 0.5) is 0 Å². The van der Waals surface area contributed by atoms with Gasteiger partial charge in [0.25, 0.3) is 0 Å². The number of nitrogens with zero attached hydrogens (tertiary/aromatic N) is 1. The van der Waals surface area contributed by atoms with E-state index in [4.69, 9.17) is 22.7 Å². The van der Waals surface area contributed by atoms with Crippen molar-refractivity contribution >= 4 is 17.2 Å². The number of likely N-dealkylation sites (N-methyl/N-ethyl adjacent to an activating group) is 1. The Labute approximate surface area is 126 Å². The van der Waals surface area contributed by atoms with Crippen LogP contribution in [0.15, 0.2) is 18.2 Å². The zero-order valence-electron chi connectivity index (χ0n) is 12.6. The fourth-order valence-corrected chi connectivity index (χ4v) is 2.29. The summed E-state index contributed by atoms with van der Waals surface area (Å²) in [5, 5.41) is 9.91. The van der Waals surface area contributed by atoms with Crippen LogP contribution in [0.25, 0.3) is 0 Å². The first-order valence-electron chi connectivity index (χ1n) is 6.68. The van der Waals surface area contributed by atoms with Gasteiger partial charge in [-0.2, -0.15) is 0 Å². The molecule has 0 saturated heterocycles. The van der Waals surface area contributed by atoms with Gasteiger partial charge in [-0.3, -0.25) is 4.90 Å². The smallest absolute Gasteiger partial charge is 0.129 e. The molecule has 0 aromatic heterocycles. The molecule has 0 radical (unpaired) electrons. The molecule has 1 rings (SSSR count). The molecule has 0 aliphatic heterocycles. The Morgan fingerprint density at radius 1 is 1.45 bits per heavy atom. The lowest BCUT2D eigenvalue weighted by Gasteiger charge is -2.28. The van der Waals surface area contributed by atoms with E-state index < -0.39 is 5.60 Å². The number of thiocarbonyl (C=S) groups is 1. The maximum Gasteiger partial charge on any atom is 0.129 e. The first-order chi connectivity index (χ1) is 9.26. The Hall–Kier alpha value is -1.17. The third-order valence-corrected chi connectivity index (χ3v) is 3.22. The molecule has 0 heterocycles. The first-order valence-corrected chi connectivity index (χ1v) is 7.09. The summed E-state index contributed by atoms with van der Waals surface area (Å²) in [4.78, 5) is 2.51. The Balaban J connectivity index is 2.89. The lowest BCUT2D eigenvalue weighted by atomic mass is 10.1. The van der Waals surface area contributed by atoms with E-state index in [1.165, 1.54) is 0 Å². The van der Waals surface area contributed by atoms with Crippen molar-refractivity contribution in [3.63, 3.8) is 0 Å². The summed E-state index contributed by atoms with van der Waals surface area (Å²) in [5.41, 5.74) is 6.80. The highest BCUT2D eigenvalue weighted by Crippen LogP contribution is 2.21. The van der Waals surface area contributed by atoms with Gasteiger partial charge >= 0.3 is 0 Å². The summed E-state index contributed by atoms with van der Waals surface area (Å²) in [6.45, 7) is 7.92. The molecule has 0 aliphatic carbocycles. The van der Waals surface area contributed by atoms with E-state index in [9.17, 15) is 5.11 Å². The summed E-state index contributed by atoms with van der Waals surface area (Å²) in [6, 6.07) is 5.82. The Kier molecular flexibility index (Phi) is 5.92. The highest BCUT2D eigenvalue weighted by Gasteiger charge is 2.17. The van der Waals surface area contributed by atoms with Gasteiger partial charge in [0.05, 0.1) is 18.3 Å². The number of benzene rings is 1. The lowest BCUT2D eigenvalue weighted by Crippen LogP contribution is -2.38. The number of aliphatic hydroxyl groups is 1. The molecule has 0 spiro atoms. The van der Waals surface area contributed by atoms with Crippen LogP contribution in [0.1, 0.15) is 31.9 Å². The van der Waals surface area contributed by atoms with Crippen molar-refractivity contribution in [1.82, 2.24) is 4.90 Å². The number of ether oxygens (including phenoxy) is 1. The van der Waals surface area contributed by atoms with Gasteiger partial charge in [0, 0.05) is 13.1 Å². The maximum atomic E-state index is 9.91. The van der Waals surface area contributed by atoms with Crippen LogP contribution in [-0.4, -0.2) is 40.8 Å². The molecule has 0 bridgehead atoms. The van der Waals surface area contributed by atoms with E-state index in [0.29, 0.717) is 17.3 Å². The second kappa shape index (κ2) is 7.02. The second-order valence-corrected chi connectivity index (χ2v) is 5.95. The van der Waals surface area contributed by atoms with Crippen molar-refractivity contribution in [2.45, 2.75) is 32.9 Å². The fourth-order valence-electron chi connectivity index (χ4n) is 2.12. The highest BCUT2D eigenvalue weighted by molar-refractivity contribution is 7.80. The Bertz CT molecular complexity index is 469. The Morgan fingerprint density at radius 3 is 2.55 bits per heavy atom. The van der Waals surface area contributed by atoms with Gasteiger partial charge in [-0.15, -0.1) is 0 Å². The minimum Gasteiger partial charge on any atom is -0.496 e. The monoisotopic (exact) mass is 296 g/mol. The third-order valence-electron chi connectivity index (χ3n) is 3.00. The summed E-state index contributed by atoms with van der Waals surface area (Å²) >= 11 is 5.00. The van der Waals surface area contributed by atoms with Gasteiger partial charge in [-0.25, -0.2) is 0 Å². The molecule has 0 unspecified atom stereocenters. The van der Waals surface area contributed by atoms with Gasteiger partial charge in [-0.05, 0) is 38.1 Å². The SMILES string of the molecule is CCN(Cc1ccc(C(N)=S)c(OC)c1)CC(C)(C)O. The second-order valence-electron chi connectivity index (χ2n) is 5.51. The minimum atomic E-state index is -0.709. The quantitative estimate of drug-likeness (QED) is 0.753. The van der Waals surface area contributed by atoms with Crippen molar-refractivity contribution in [1.29, 1.82) is 0 Å². The van der Waals surface area contributed by atoms with E-state index in [1.807, 2.05) is 32.0 Å². The van der Waals surface area contributed by atoms with Crippen molar-refractivity contribution in [2.75, 3.05) is 20.2 Å². The van der Waals surface area contributed by atoms with Crippen LogP contribution < -0.4 is 10.5 Å². The lowest BCUT2D eigenvalue weighted by molar-refractivity contribution is 0.0353. The van der Waals surface area contributed by atoms with Crippen LogP contribution in [0.5, 0.6) is 5.75 Å². The summed E-state index contributed by atoms with van der Waals surface area (Å²) in [5.74, 6) is 0.689. The molecule has 0 atom stereocenters. The van der Waals surface area contributed by atoms with Gasteiger partial charge in [0.2, 0.25) is 0 Å². The van der Waals surface area contributed by atoms with E-state index >= 15 is 0 Å². The Morgan fingerprint density at radius 2 is 2.10 bits per heavy atom. The molecular weight excluding hydrogens is 272 g/mol. The van der Waals surface area contributed by atoms with E-state index in [2.05, 4.69) is 11.8 Å². The predicted octanol–water partition coefficient (Wildman–Crippen LogP) is 1.92. The molecule has 20 heavy (non-hydrogen) atoms. The normalized spacial score (nSPS) is 11.7. The molecule has 3 N–H and O–H groups in total. The first kappa shape index (κ1) is 16.9. The molecule has 112 valence electrons. The predicted molar refractivity (Wildman–Crippen MR) is 86.1 cm³/mol. The standard InChI is InChI=1S/C15H24N2O2S/c1-5-17(10-15(2,3)18)9-11-6-7-12(14(16)20)13(8-11)19-4/h6-8,18H,5,9-10H2,1-4H3,(H2,16,20). The average molecular weight is 296 g/mol. The van der Waals surface area contributed by atoms with E-state index in [0.717, 1.165) is 24.2 Å². The molecule has 0 fully saturated rings. The summed E-state index contributed by atoms with van der Waals surface area (Å²) in [7, 11) is 1.61. The molecular formula is C15H24N2O2S. The topological polar surface area (TPSA) is 58.7 Å². The molecule has 1 aromatic rings. The van der Waals surface area contributed by atoms with E-state index in [-0.39, 0.29) is 0 Å². The fraction of sp³-hybridized carbons (Fsp3) is 0.533. The third kappa shape index (κ3) is 5.07. The van der Waals surface area contributed by atoms with Gasteiger partial charge in [0.1, 0.15) is 10.7 Å². The highest BCUT2D eigenvalue weighted by atomic mass is 32.1. The van der Waals surface area contributed by atoms with Crippen LogP contribution in [0.3, 0.4) is 0 Å². The van der Waals surface area contributed by atoms with Crippen LogP contribution in [0, 0.1) is 0 Å². The number of nitrogens with two attached hydrogens (primary N) is 1. The zero-order valence-corrected chi connectivity index (χ0v) is 13.5.